The normalized spacial score (nSPS) is 21.4. The summed E-state index contributed by atoms with van der Waals surface area (Å²) in [6, 6.07) is 7.92. The number of hydrogen-bond donors (Lipinski definition) is 2. The number of thiophene rings is 1. The first kappa shape index (κ1) is 17.9. The van der Waals surface area contributed by atoms with E-state index in [0.29, 0.717) is 0 Å². The first-order chi connectivity index (χ1) is 12.0. The van der Waals surface area contributed by atoms with Gasteiger partial charge in [0.05, 0.1) is 6.04 Å². The van der Waals surface area contributed by atoms with Gasteiger partial charge in [-0.25, -0.2) is 0 Å². The van der Waals surface area contributed by atoms with Gasteiger partial charge < -0.3 is 10.6 Å². The maximum absolute atomic E-state index is 12.6. The Morgan fingerprint density at radius 3 is 2.60 bits per heavy atom. The van der Waals surface area contributed by atoms with Gasteiger partial charge in [-0.2, -0.15) is 0 Å². The quantitative estimate of drug-likeness (QED) is 0.863. The second kappa shape index (κ2) is 7.54. The molecule has 0 unspecified atom stereocenters. The lowest BCUT2D eigenvalue weighted by molar-refractivity contribution is -0.125. The predicted molar refractivity (Wildman–Crippen MR) is 102 cm³/mol. The summed E-state index contributed by atoms with van der Waals surface area (Å²) in [6.45, 7) is 1.89. The Morgan fingerprint density at radius 2 is 1.88 bits per heavy atom. The van der Waals surface area contributed by atoms with Gasteiger partial charge >= 0.3 is 0 Å². The summed E-state index contributed by atoms with van der Waals surface area (Å²) in [5.41, 5.74) is 0.729. The van der Waals surface area contributed by atoms with Gasteiger partial charge in [0.25, 0.3) is 5.91 Å². The monoisotopic (exact) mass is 359 g/mol. The molecule has 3 rings (SSSR count). The summed E-state index contributed by atoms with van der Waals surface area (Å²) in [6.07, 6.45) is 2.59. The van der Waals surface area contributed by atoms with Crippen molar-refractivity contribution < 1.29 is 9.59 Å². The summed E-state index contributed by atoms with van der Waals surface area (Å²) in [7, 11) is 3.79. The number of likely N-dealkylation sites (N-methyl/N-ethyl adjacent to an activating group) is 1. The molecule has 1 aliphatic rings. The lowest BCUT2D eigenvalue weighted by Crippen LogP contribution is -2.45. The molecule has 2 amide bonds. The van der Waals surface area contributed by atoms with E-state index < -0.39 is 0 Å². The van der Waals surface area contributed by atoms with Crippen LogP contribution in [-0.4, -0.2) is 48.9 Å². The highest BCUT2D eigenvalue weighted by molar-refractivity contribution is 7.17. The minimum absolute atomic E-state index is 0.0253. The van der Waals surface area contributed by atoms with Crippen molar-refractivity contribution in [3.8, 4) is 0 Å². The number of nitrogens with zero attached hydrogens (tertiary/aromatic N) is 1. The third kappa shape index (κ3) is 4.02. The van der Waals surface area contributed by atoms with Crippen molar-refractivity contribution in [1.82, 2.24) is 15.5 Å². The number of amides is 2. The number of carbonyl (C=O) groups is 2. The third-order valence-electron chi connectivity index (χ3n) is 5.01. The van der Waals surface area contributed by atoms with E-state index in [9.17, 15) is 9.59 Å². The Morgan fingerprint density at radius 1 is 1.16 bits per heavy atom. The van der Waals surface area contributed by atoms with E-state index in [0.717, 1.165) is 34.9 Å². The van der Waals surface area contributed by atoms with Crippen LogP contribution in [0, 0.1) is 0 Å². The minimum atomic E-state index is -0.148. The Kier molecular flexibility index (Phi) is 5.39. The lowest BCUT2D eigenvalue weighted by atomic mass is 10.1. The van der Waals surface area contributed by atoms with Gasteiger partial charge in [-0.1, -0.05) is 6.07 Å². The Bertz CT molecular complexity index is 771. The third-order valence-corrected chi connectivity index (χ3v) is 5.89. The lowest BCUT2D eigenvalue weighted by Gasteiger charge is -2.22. The molecule has 1 heterocycles. The molecule has 3 atom stereocenters. The van der Waals surface area contributed by atoms with Crippen LogP contribution in [0.3, 0.4) is 0 Å². The average Bonchev–Trinajstić information content (AvgIpc) is 3.22. The molecule has 0 spiro atoms. The number of carbonyl (C=O) groups excluding carboxylic acids is 2. The molecule has 1 fully saturated rings. The molecule has 0 radical (unpaired) electrons. The van der Waals surface area contributed by atoms with Crippen LogP contribution in [0.4, 0.5) is 0 Å². The smallest absolute Gasteiger partial charge is 0.252 e. The summed E-state index contributed by atoms with van der Waals surface area (Å²) < 4.78 is 1.13. The number of nitrogens with one attached hydrogen (secondary N) is 2. The highest BCUT2D eigenvalue weighted by atomic mass is 32.1. The topological polar surface area (TPSA) is 61.4 Å². The van der Waals surface area contributed by atoms with Crippen LogP contribution in [0.1, 0.15) is 36.5 Å². The van der Waals surface area contributed by atoms with Gasteiger partial charge in [0.1, 0.15) is 0 Å². The SMILES string of the molecule is C[C@H](C(=O)N[C@@H]1CC[C@H](NC(=O)c2cccc3sccc23)C1)N(C)C. The summed E-state index contributed by atoms with van der Waals surface area (Å²) in [5.74, 6) is 0.0210. The van der Waals surface area contributed by atoms with Crippen molar-refractivity contribution >= 4 is 33.2 Å². The molecular weight excluding hydrogens is 334 g/mol. The molecule has 0 aliphatic heterocycles. The van der Waals surface area contributed by atoms with Crippen LogP contribution in [0.5, 0.6) is 0 Å². The molecule has 1 saturated carbocycles. The Hall–Kier alpha value is -1.92. The molecule has 5 nitrogen and oxygen atoms in total. The molecule has 2 N–H and O–H groups in total. The van der Waals surface area contributed by atoms with E-state index in [1.807, 2.05) is 55.6 Å². The van der Waals surface area contributed by atoms with Crippen molar-refractivity contribution in [3.63, 3.8) is 0 Å². The first-order valence-electron chi connectivity index (χ1n) is 8.69. The zero-order valence-corrected chi connectivity index (χ0v) is 15.7. The Labute approximate surface area is 152 Å². The molecule has 134 valence electrons. The highest BCUT2D eigenvalue weighted by Gasteiger charge is 2.29. The van der Waals surface area contributed by atoms with Crippen molar-refractivity contribution in [1.29, 1.82) is 0 Å². The fourth-order valence-corrected chi connectivity index (χ4v) is 4.07. The minimum Gasteiger partial charge on any atom is -0.352 e. The van der Waals surface area contributed by atoms with Crippen molar-refractivity contribution in [2.24, 2.45) is 0 Å². The zero-order valence-electron chi connectivity index (χ0n) is 14.9. The van der Waals surface area contributed by atoms with Crippen molar-refractivity contribution in [3.05, 3.63) is 35.2 Å². The van der Waals surface area contributed by atoms with E-state index in [1.54, 1.807) is 11.3 Å². The van der Waals surface area contributed by atoms with Gasteiger partial charge in [0, 0.05) is 27.7 Å². The van der Waals surface area contributed by atoms with Gasteiger partial charge in [-0.05, 0) is 63.9 Å². The molecule has 1 aromatic carbocycles. The van der Waals surface area contributed by atoms with E-state index >= 15 is 0 Å². The molecular formula is C19H25N3O2S. The number of hydrogen-bond acceptors (Lipinski definition) is 4. The molecule has 1 aromatic heterocycles. The van der Waals surface area contributed by atoms with E-state index in [1.165, 1.54) is 0 Å². The van der Waals surface area contributed by atoms with Gasteiger partial charge in [-0.3, -0.25) is 14.5 Å². The van der Waals surface area contributed by atoms with E-state index in [-0.39, 0.29) is 29.9 Å². The van der Waals surface area contributed by atoms with Gasteiger partial charge in [0.15, 0.2) is 0 Å². The van der Waals surface area contributed by atoms with E-state index in [2.05, 4.69) is 10.6 Å². The van der Waals surface area contributed by atoms with Crippen LogP contribution in [-0.2, 0) is 4.79 Å². The number of rotatable bonds is 5. The second-order valence-corrected chi connectivity index (χ2v) is 7.91. The maximum atomic E-state index is 12.6. The molecule has 6 heteroatoms. The van der Waals surface area contributed by atoms with Gasteiger partial charge in [-0.15, -0.1) is 11.3 Å². The molecule has 25 heavy (non-hydrogen) atoms. The fourth-order valence-electron chi connectivity index (χ4n) is 3.26. The van der Waals surface area contributed by atoms with Crippen molar-refractivity contribution in [2.45, 2.75) is 44.3 Å². The summed E-state index contributed by atoms with van der Waals surface area (Å²) in [5, 5.41) is 9.25. The molecule has 2 aromatic rings. The Balaban J connectivity index is 1.57. The molecule has 0 saturated heterocycles. The number of fused-ring (bicyclic) bond motifs is 1. The van der Waals surface area contributed by atoms with Crippen molar-refractivity contribution in [2.75, 3.05) is 14.1 Å². The second-order valence-electron chi connectivity index (χ2n) is 6.97. The zero-order chi connectivity index (χ0) is 18.0. The number of benzene rings is 1. The van der Waals surface area contributed by atoms with Crippen LogP contribution < -0.4 is 10.6 Å². The van der Waals surface area contributed by atoms with Crippen LogP contribution in [0.15, 0.2) is 29.6 Å². The van der Waals surface area contributed by atoms with Gasteiger partial charge in [0.2, 0.25) is 5.91 Å². The molecule has 0 bridgehead atoms. The van der Waals surface area contributed by atoms with E-state index in [4.69, 9.17) is 0 Å². The highest BCUT2D eigenvalue weighted by Crippen LogP contribution is 2.25. The van der Waals surface area contributed by atoms with Crippen LogP contribution in [0.2, 0.25) is 0 Å². The van der Waals surface area contributed by atoms with Crippen LogP contribution >= 0.6 is 11.3 Å². The largest absolute Gasteiger partial charge is 0.352 e. The fraction of sp³-hybridized carbons (Fsp3) is 0.474. The molecule has 1 aliphatic carbocycles. The predicted octanol–water partition coefficient (Wildman–Crippen LogP) is 2.62. The first-order valence-corrected chi connectivity index (χ1v) is 9.57. The summed E-state index contributed by atoms with van der Waals surface area (Å²) >= 11 is 1.64. The maximum Gasteiger partial charge on any atom is 0.252 e. The summed E-state index contributed by atoms with van der Waals surface area (Å²) in [4.78, 5) is 26.7. The average molecular weight is 359 g/mol. The standard InChI is InChI=1S/C19H25N3O2S/c1-12(22(2)3)18(23)20-13-7-8-14(11-13)21-19(24)16-5-4-6-17-15(16)9-10-25-17/h4-6,9-10,12-14H,7-8,11H2,1-3H3,(H,20,23)(H,21,24)/t12-,13-,14+/m1/s1. The van der Waals surface area contributed by atoms with Crippen LogP contribution in [0.25, 0.3) is 10.1 Å².